The molecule has 0 atom stereocenters. The maximum atomic E-state index is 5.05. The zero-order chi connectivity index (χ0) is 6.12. The summed E-state index contributed by atoms with van der Waals surface area (Å²) in [5.41, 5.74) is 0. The molecule has 0 aromatic rings. The summed E-state index contributed by atoms with van der Waals surface area (Å²) in [6, 6.07) is 0. The van der Waals surface area contributed by atoms with E-state index in [4.69, 9.17) is 42.3 Å². The first-order valence-electron chi connectivity index (χ1n) is 1.27. The molecule has 0 bridgehead atoms. The average Bonchev–Trinajstić information content (AvgIpc) is 1.69. The molecule has 50 valence electrons. The van der Waals surface area contributed by atoms with E-state index in [9.17, 15) is 0 Å². The topological polar surface area (TPSA) is 0 Å². The zero-order valence-electron chi connectivity index (χ0n) is 3.24. The average molecular weight is 276 g/mol. The van der Waals surface area contributed by atoms with Gasteiger partial charge in [0.05, 0.1) is 0 Å². The minimum atomic E-state index is -0.106. The summed E-state index contributed by atoms with van der Waals surface area (Å²) < 4.78 is 0. The van der Waals surface area contributed by atoms with Gasteiger partial charge in [0.2, 0.25) is 0 Å². The summed E-state index contributed by atoms with van der Waals surface area (Å²) in [5, 5.41) is 0. The summed E-state index contributed by atoms with van der Waals surface area (Å²) in [6.07, 6.45) is 0. The van der Waals surface area contributed by atoms with Crippen LogP contribution in [-0.2, 0) is 15.9 Å². The molecule has 0 heterocycles. The third-order valence-corrected chi connectivity index (χ3v) is 0.643. The molecule has 0 radical (unpaired) electrons. The van der Waals surface area contributed by atoms with E-state index >= 15 is 0 Å². The van der Waals surface area contributed by atoms with Crippen LogP contribution in [0.15, 0.2) is 0 Å². The molecular weight excluding hydrogens is 272 g/mol. The molecule has 0 aliphatic heterocycles. The molecule has 0 spiro atoms. The van der Waals surface area contributed by atoms with Crippen molar-refractivity contribution in [3.05, 3.63) is 0 Å². The molecular formula is C2H4Cl4Pd. The second kappa shape index (κ2) is 15.7. The van der Waals surface area contributed by atoms with E-state index in [1.807, 2.05) is 0 Å². The van der Waals surface area contributed by atoms with Gasteiger partial charge in [-0.1, -0.05) is 0 Å². The standard InChI is InChI=1S/C2H4Cl2.2ClH.Pd/c3-1-2-4;;;/h1-2H2;2*1H;/q;;;+2/p-2. The Kier molecular flexibility index (Phi) is 25.9. The van der Waals surface area contributed by atoms with E-state index in [1.54, 1.807) is 0 Å². The van der Waals surface area contributed by atoms with Gasteiger partial charge in [0, 0.05) is 11.8 Å². The first-order valence-corrected chi connectivity index (χ1v) is 6.35. The molecule has 0 amide bonds. The van der Waals surface area contributed by atoms with Crippen molar-refractivity contribution in [3.8, 4) is 0 Å². The molecule has 0 aromatic carbocycles. The first kappa shape index (κ1) is 11.6. The SMILES string of the molecule is ClCCCl.[Cl][Pd][Cl]. The Bertz CT molecular complexity index is 17.2. The van der Waals surface area contributed by atoms with Crippen LogP contribution in [0.4, 0.5) is 0 Å². The molecule has 5 heteroatoms. The van der Waals surface area contributed by atoms with Crippen LogP contribution in [0, 0.1) is 0 Å². The van der Waals surface area contributed by atoms with Crippen molar-refractivity contribution in [3.63, 3.8) is 0 Å². The van der Waals surface area contributed by atoms with Gasteiger partial charge in [-0.15, -0.1) is 23.2 Å². The summed E-state index contributed by atoms with van der Waals surface area (Å²) in [5.74, 6) is 1.11. The Balaban J connectivity index is 0. The van der Waals surface area contributed by atoms with Crippen LogP contribution in [0.1, 0.15) is 0 Å². The van der Waals surface area contributed by atoms with Gasteiger partial charge in [-0.25, -0.2) is 0 Å². The minimum absolute atomic E-state index is 0.106. The van der Waals surface area contributed by atoms with Crippen molar-refractivity contribution in [2.24, 2.45) is 0 Å². The van der Waals surface area contributed by atoms with Gasteiger partial charge in [-0.2, -0.15) is 0 Å². The van der Waals surface area contributed by atoms with Crippen LogP contribution in [0.25, 0.3) is 0 Å². The van der Waals surface area contributed by atoms with Gasteiger partial charge in [-0.05, 0) is 0 Å². The number of hydrogen-bond acceptors (Lipinski definition) is 0. The van der Waals surface area contributed by atoms with Crippen molar-refractivity contribution in [2.45, 2.75) is 0 Å². The van der Waals surface area contributed by atoms with E-state index in [0.717, 1.165) is 0 Å². The van der Waals surface area contributed by atoms with Gasteiger partial charge in [0.15, 0.2) is 0 Å². The third kappa shape index (κ3) is 33.3. The second-order valence-electron chi connectivity index (χ2n) is 0.423. The van der Waals surface area contributed by atoms with Crippen LogP contribution in [0.5, 0.6) is 0 Å². The zero-order valence-corrected chi connectivity index (χ0v) is 7.82. The van der Waals surface area contributed by atoms with Gasteiger partial charge < -0.3 is 0 Å². The number of rotatable bonds is 1. The Hall–Kier alpha value is 1.82. The molecule has 7 heavy (non-hydrogen) atoms. The van der Waals surface area contributed by atoms with Crippen molar-refractivity contribution in [1.29, 1.82) is 0 Å². The fraction of sp³-hybridized carbons (Fsp3) is 1.00. The van der Waals surface area contributed by atoms with Crippen LogP contribution in [-0.4, -0.2) is 11.8 Å². The van der Waals surface area contributed by atoms with Crippen molar-refractivity contribution < 1.29 is 15.9 Å². The fourth-order valence-corrected chi connectivity index (χ4v) is 0. The molecule has 0 N–H and O–H groups in total. The molecule has 0 aromatic heterocycles. The number of halogens is 4. The molecule has 0 saturated carbocycles. The van der Waals surface area contributed by atoms with E-state index in [1.165, 1.54) is 0 Å². The Morgan fingerprint density at radius 3 is 1.14 bits per heavy atom. The Morgan fingerprint density at radius 2 is 1.14 bits per heavy atom. The van der Waals surface area contributed by atoms with E-state index in [2.05, 4.69) is 0 Å². The summed E-state index contributed by atoms with van der Waals surface area (Å²) in [7, 11) is 9.63. The fourth-order valence-electron chi connectivity index (χ4n) is 0. The van der Waals surface area contributed by atoms with E-state index < -0.39 is 0 Å². The third-order valence-electron chi connectivity index (χ3n) is 0.0714. The van der Waals surface area contributed by atoms with Crippen LogP contribution in [0.2, 0.25) is 0 Å². The molecule has 0 unspecified atom stereocenters. The molecule has 0 nitrogen and oxygen atoms in total. The van der Waals surface area contributed by atoms with Crippen molar-refractivity contribution >= 4 is 42.3 Å². The Morgan fingerprint density at radius 1 is 1.00 bits per heavy atom. The Labute approximate surface area is 69.6 Å². The molecule has 0 aliphatic carbocycles. The van der Waals surface area contributed by atoms with Gasteiger partial charge in [0.25, 0.3) is 0 Å². The van der Waals surface area contributed by atoms with Gasteiger partial charge in [0.1, 0.15) is 0 Å². The summed E-state index contributed by atoms with van der Waals surface area (Å²) >= 11 is 10.0. The second-order valence-corrected chi connectivity index (χ2v) is 3.54. The van der Waals surface area contributed by atoms with Gasteiger partial charge in [-0.3, -0.25) is 0 Å². The van der Waals surface area contributed by atoms with E-state index in [0.29, 0.717) is 11.8 Å². The van der Waals surface area contributed by atoms with Crippen LogP contribution >= 0.6 is 42.3 Å². The van der Waals surface area contributed by atoms with Crippen molar-refractivity contribution in [1.82, 2.24) is 0 Å². The first-order chi connectivity index (χ1) is 3.33. The predicted molar refractivity (Wildman–Crippen MR) is 33.1 cm³/mol. The number of alkyl halides is 2. The quantitative estimate of drug-likeness (QED) is 0.510. The maximum absolute atomic E-state index is 5.05. The normalized spacial score (nSPS) is 7.43. The predicted octanol–water partition coefficient (Wildman–Crippen LogP) is 2.84. The molecule has 0 aliphatic rings. The summed E-state index contributed by atoms with van der Waals surface area (Å²) in [4.78, 5) is 0. The van der Waals surface area contributed by atoms with Crippen molar-refractivity contribution in [2.75, 3.05) is 11.8 Å². The molecule has 0 rings (SSSR count). The van der Waals surface area contributed by atoms with Crippen LogP contribution in [0.3, 0.4) is 0 Å². The molecule has 0 saturated heterocycles. The van der Waals surface area contributed by atoms with E-state index in [-0.39, 0.29) is 15.9 Å². The number of hydrogen-bond donors (Lipinski definition) is 0. The monoisotopic (exact) mass is 274 g/mol. The summed E-state index contributed by atoms with van der Waals surface area (Å²) in [6.45, 7) is 0. The molecule has 0 fully saturated rings. The van der Waals surface area contributed by atoms with Crippen LogP contribution < -0.4 is 0 Å². The van der Waals surface area contributed by atoms with Gasteiger partial charge >= 0.3 is 35.0 Å².